The Morgan fingerprint density at radius 3 is 2.60 bits per heavy atom. The predicted octanol–water partition coefficient (Wildman–Crippen LogP) is 3.25. The summed E-state index contributed by atoms with van der Waals surface area (Å²) in [6.45, 7) is 0. The third kappa shape index (κ3) is 2.10. The molecule has 4 heteroatoms. The molecule has 0 atom stereocenters. The Kier molecular flexibility index (Phi) is 3.14. The van der Waals surface area contributed by atoms with Gasteiger partial charge in [0.05, 0.1) is 15.4 Å². The second-order valence-electron chi connectivity index (χ2n) is 4.14. The molecule has 1 heterocycles. The lowest BCUT2D eigenvalue weighted by molar-refractivity contribution is 0.0852. The first-order valence-corrected chi connectivity index (χ1v) is 6.46. The van der Waals surface area contributed by atoms with E-state index in [0.29, 0.717) is 9.90 Å². The zero-order chi connectivity index (χ0) is 10.9. The van der Waals surface area contributed by atoms with Crippen LogP contribution < -0.4 is 5.73 Å². The molecule has 2 N–H and O–H groups in total. The molecule has 15 heavy (non-hydrogen) atoms. The zero-order valence-corrected chi connectivity index (χ0v) is 10.0. The van der Waals surface area contributed by atoms with Crippen molar-refractivity contribution in [3.63, 3.8) is 0 Å². The maximum Gasteiger partial charge on any atom is 0.194 e. The molecule has 2 nitrogen and oxygen atoms in total. The molecule has 1 aliphatic rings. The van der Waals surface area contributed by atoms with Crippen molar-refractivity contribution < 1.29 is 4.79 Å². The SMILES string of the molecule is NC1(C(=O)c2sccc2Cl)CCCCC1. The molecular weight excluding hydrogens is 230 g/mol. The maximum atomic E-state index is 12.2. The molecule has 0 saturated heterocycles. The fourth-order valence-corrected chi connectivity index (χ4v) is 3.28. The van der Waals surface area contributed by atoms with Gasteiger partial charge in [-0.05, 0) is 24.3 Å². The standard InChI is InChI=1S/C11H14ClNOS/c12-8-4-7-15-9(8)10(14)11(13)5-2-1-3-6-11/h4,7H,1-3,5-6,13H2. The maximum absolute atomic E-state index is 12.2. The van der Waals surface area contributed by atoms with Gasteiger partial charge in [-0.2, -0.15) is 0 Å². The number of carbonyl (C=O) groups excluding carboxylic acids is 1. The Balaban J connectivity index is 2.23. The number of hydrogen-bond acceptors (Lipinski definition) is 3. The number of halogens is 1. The van der Waals surface area contributed by atoms with Crippen molar-refractivity contribution in [2.24, 2.45) is 5.73 Å². The van der Waals surface area contributed by atoms with E-state index in [4.69, 9.17) is 17.3 Å². The first kappa shape index (κ1) is 11.1. The van der Waals surface area contributed by atoms with E-state index in [1.807, 2.05) is 5.38 Å². The van der Waals surface area contributed by atoms with E-state index in [-0.39, 0.29) is 5.78 Å². The van der Waals surface area contributed by atoms with Crippen molar-refractivity contribution in [2.45, 2.75) is 37.6 Å². The van der Waals surface area contributed by atoms with E-state index in [1.165, 1.54) is 17.8 Å². The first-order chi connectivity index (χ1) is 7.13. The van der Waals surface area contributed by atoms with Gasteiger partial charge in [-0.3, -0.25) is 4.79 Å². The van der Waals surface area contributed by atoms with Crippen molar-refractivity contribution in [3.8, 4) is 0 Å². The van der Waals surface area contributed by atoms with Crippen molar-refractivity contribution in [2.75, 3.05) is 0 Å². The van der Waals surface area contributed by atoms with Gasteiger partial charge in [-0.1, -0.05) is 30.9 Å². The lowest BCUT2D eigenvalue weighted by Crippen LogP contribution is -2.49. The summed E-state index contributed by atoms with van der Waals surface area (Å²) in [6, 6.07) is 1.76. The summed E-state index contributed by atoms with van der Waals surface area (Å²) in [6.07, 6.45) is 4.86. The Bertz CT molecular complexity index is 368. The number of nitrogens with two attached hydrogens (primary N) is 1. The molecule has 0 amide bonds. The highest BCUT2D eigenvalue weighted by Crippen LogP contribution is 2.33. The summed E-state index contributed by atoms with van der Waals surface area (Å²) >= 11 is 7.34. The van der Waals surface area contributed by atoms with Crippen molar-refractivity contribution in [3.05, 3.63) is 21.3 Å². The summed E-state index contributed by atoms with van der Waals surface area (Å²) in [4.78, 5) is 12.8. The molecule has 1 aromatic rings. The lowest BCUT2D eigenvalue weighted by Gasteiger charge is -2.31. The van der Waals surface area contributed by atoms with Crippen LogP contribution in [0.5, 0.6) is 0 Å². The third-order valence-electron chi connectivity index (χ3n) is 3.02. The molecule has 0 bridgehead atoms. The molecule has 1 aromatic heterocycles. The minimum atomic E-state index is -0.660. The number of ketones is 1. The highest BCUT2D eigenvalue weighted by Gasteiger charge is 2.37. The Morgan fingerprint density at radius 2 is 2.07 bits per heavy atom. The number of carbonyl (C=O) groups is 1. The average Bonchev–Trinajstić information content (AvgIpc) is 2.64. The summed E-state index contributed by atoms with van der Waals surface area (Å²) in [5.41, 5.74) is 5.50. The largest absolute Gasteiger partial charge is 0.319 e. The molecule has 0 aliphatic heterocycles. The van der Waals surface area contributed by atoms with E-state index in [9.17, 15) is 4.79 Å². The molecule has 1 saturated carbocycles. The van der Waals surface area contributed by atoms with Crippen LogP contribution in [0.1, 0.15) is 41.8 Å². The van der Waals surface area contributed by atoms with E-state index < -0.39 is 5.54 Å². The van der Waals surface area contributed by atoms with Crippen LogP contribution in [0.4, 0.5) is 0 Å². The number of rotatable bonds is 2. The van der Waals surface area contributed by atoms with Gasteiger partial charge in [0.25, 0.3) is 0 Å². The van der Waals surface area contributed by atoms with Gasteiger partial charge < -0.3 is 5.73 Å². The average molecular weight is 244 g/mol. The summed E-state index contributed by atoms with van der Waals surface area (Å²) in [7, 11) is 0. The second-order valence-corrected chi connectivity index (χ2v) is 5.47. The molecule has 0 aromatic carbocycles. The Hall–Kier alpha value is -0.380. The minimum absolute atomic E-state index is 0.0298. The van der Waals surface area contributed by atoms with E-state index >= 15 is 0 Å². The second kappa shape index (κ2) is 4.24. The molecule has 0 radical (unpaired) electrons. The predicted molar refractivity (Wildman–Crippen MR) is 63.7 cm³/mol. The molecular formula is C11H14ClNOS. The topological polar surface area (TPSA) is 43.1 Å². The number of thiophene rings is 1. The Labute approximate surface area is 98.4 Å². The van der Waals surface area contributed by atoms with Gasteiger partial charge in [-0.25, -0.2) is 0 Å². The molecule has 1 aliphatic carbocycles. The van der Waals surface area contributed by atoms with Crippen LogP contribution in [-0.2, 0) is 0 Å². The first-order valence-electron chi connectivity index (χ1n) is 5.20. The van der Waals surface area contributed by atoms with Gasteiger partial charge >= 0.3 is 0 Å². The minimum Gasteiger partial charge on any atom is -0.319 e. The van der Waals surface area contributed by atoms with Crippen LogP contribution in [-0.4, -0.2) is 11.3 Å². The van der Waals surface area contributed by atoms with Gasteiger partial charge in [0, 0.05) is 0 Å². The molecule has 2 rings (SSSR count). The smallest absolute Gasteiger partial charge is 0.194 e. The third-order valence-corrected chi connectivity index (χ3v) is 4.36. The molecule has 82 valence electrons. The van der Waals surface area contributed by atoms with Gasteiger partial charge in [0.1, 0.15) is 0 Å². The van der Waals surface area contributed by atoms with Gasteiger partial charge in [-0.15, -0.1) is 11.3 Å². The van der Waals surface area contributed by atoms with Gasteiger partial charge in [0.15, 0.2) is 5.78 Å². The number of Topliss-reactive ketones (excluding diaryl/α,β-unsaturated/α-hetero) is 1. The normalized spacial score (nSPS) is 20.1. The highest BCUT2D eigenvalue weighted by atomic mass is 35.5. The molecule has 0 unspecified atom stereocenters. The summed E-state index contributed by atoms with van der Waals surface area (Å²) in [5, 5.41) is 2.38. The number of hydrogen-bond donors (Lipinski definition) is 1. The van der Waals surface area contributed by atoms with Crippen molar-refractivity contribution in [1.29, 1.82) is 0 Å². The van der Waals surface area contributed by atoms with Crippen LogP contribution in [0.2, 0.25) is 5.02 Å². The fourth-order valence-electron chi connectivity index (χ4n) is 2.09. The van der Waals surface area contributed by atoms with Gasteiger partial charge in [0.2, 0.25) is 0 Å². The van der Waals surface area contributed by atoms with E-state index in [2.05, 4.69) is 0 Å². The monoisotopic (exact) mass is 243 g/mol. The van der Waals surface area contributed by atoms with E-state index in [0.717, 1.165) is 25.7 Å². The zero-order valence-electron chi connectivity index (χ0n) is 8.46. The van der Waals surface area contributed by atoms with E-state index in [1.54, 1.807) is 6.07 Å². The Morgan fingerprint density at radius 1 is 1.40 bits per heavy atom. The van der Waals surface area contributed by atoms with Crippen molar-refractivity contribution >= 4 is 28.7 Å². The van der Waals surface area contributed by atoms with Crippen LogP contribution in [0.15, 0.2) is 11.4 Å². The van der Waals surface area contributed by atoms with Crippen LogP contribution in [0.3, 0.4) is 0 Å². The summed E-state index contributed by atoms with van der Waals surface area (Å²) < 4.78 is 0. The van der Waals surface area contributed by atoms with Crippen LogP contribution >= 0.6 is 22.9 Å². The van der Waals surface area contributed by atoms with Crippen molar-refractivity contribution in [1.82, 2.24) is 0 Å². The lowest BCUT2D eigenvalue weighted by atomic mass is 9.79. The van der Waals surface area contributed by atoms with Crippen LogP contribution in [0.25, 0.3) is 0 Å². The highest BCUT2D eigenvalue weighted by molar-refractivity contribution is 7.12. The van der Waals surface area contributed by atoms with Crippen LogP contribution in [0, 0.1) is 0 Å². The molecule has 0 spiro atoms. The molecule has 1 fully saturated rings. The quantitative estimate of drug-likeness (QED) is 0.811. The summed E-state index contributed by atoms with van der Waals surface area (Å²) in [5.74, 6) is 0.0298. The fraction of sp³-hybridized carbons (Fsp3) is 0.545.